The number of nitrogens with zero attached hydrogens (tertiary/aromatic N) is 4. The van der Waals surface area contributed by atoms with Crippen molar-refractivity contribution in [3.8, 4) is 0 Å². The maximum atomic E-state index is 14.8. The lowest BCUT2D eigenvalue weighted by Gasteiger charge is -2.40. The van der Waals surface area contributed by atoms with E-state index in [1.165, 1.54) is 10.5 Å². The summed E-state index contributed by atoms with van der Waals surface area (Å²) < 4.78 is 2.09. The van der Waals surface area contributed by atoms with Gasteiger partial charge in [-0.3, -0.25) is 19.4 Å². The summed E-state index contributed by atoms with van der Waals surface area (Å²) in [6.45, 7) is 0.540. The predicted octanol–water partition coefficient (Wildman–Crippen LogP) is 5.15. The van der Waals surface area contributed by atoms with Gasteiger partial charge < -0.3 is 24.8 Å². The van der Waals surface area contributed by atoms with Crippen molar-refractivity contribution < 1.29 is 19.5 Å². The normalized spacial score (nSPS) is 21.5. The van der Waals surface area contributed by atoms with E-state index in [-0.39, 0.29) is 42.6 Å². The van der Waals surface area contributed by atoms with Gasteiger partial charge in [-0.15, -0.1) is 11.8 Å². The van der Waals surface area contributed by atoms with E-state index in [0.717, 1.165) is 27.9 Å². The molecule has 258 valence electrons. The van der Waals surface area contributed by atoms with Crippen molar-refractivity contribution in [3.05, 3.63) is 161 Å². The van der Waals surface area contributed by atoms with Crippen LogP contribution in [0.25, 0.3) is 0 Å². The lowest BCUT2D eigenvalue weighted by atomic mass is 9.87. The molecular weight excluding hydrogens is 659 g/mol. The SMILES string of the molecule is O=C(NC(Cc1ccccc1)C(=O)N1CCc2ccccc2C1c1ccccc1)C1CC(O)CN1C(=O)c1ccn2c1CSC2c1cccnc1. The highest BCUT2D eigenvalue weighted by Crippen LogP contribution is 2.42. The van der Waals surface area contributed by atoms with Gasteiger partial charge in [-0.05, 0) is 40.8 Å². The average molecular weight is 698 g/mol. The number of benzene rings is 3. The summed E-state index contributed by atoms with van der Waals surface area (Å²) in [6, 6.07) is 31.5. The van der Waals surface area contributed by atoms with Crippen LogP contribution in [0.4, 0.5) is 0 Å². The second kappa shape index (κ2) is 14.2. The number of hydrogen-bond acceptors (Lipinski definition) is 6. The fraction of sp³-hybridized carbons (Fsp3) is 0.268. The van der Waals surface area contributed by atoms with Crippen molar-refractivity contribution in [3.63, 3.8) is 0 Å². The number of fused-ring (bicyclic) bond motifs is 2. The molecule has 5 atom stereocenters. The Kier molecular flexibility index (Phi) is 9.19. The molecule has 1 saturated heterocycles. The van der Waals surface area contributed by atoms with Gasteiger partial charge in [-0.25, -0.2) is 0 Å². The Morgan fingerprint density at radius 3 is 2.41 bits per heavy atom. The summed E-state index contributed by atoms with van der Waals surface area (Å²) in [7, 11) is 0. The molecule has 2 N–H and O–H groups in total. The molecule has 9 nitrogen and oxygen atoms in total. The van der Waals surface area contributed by atoms with E-state index in [1.807, 2.05) is 102 Å². The zero-order chi connectivity index (χ0) is 34.9. The van der Waals surface area contributed by atoms with Crippen molar-refractivity contribution in [2.75, 3.05) is 13.1 Å². The Morgan fingerprint density at radius 2 is 1.63 bits per heavy atom. The van der Waals surface area contributed by atoms with Crippen LogP contribution >= 0.6 is 11.8 Å². The lowest BCUT2D eigenvalue weighted by molar-refractivity contribution is -0.139. The van der Waals surface area contributed by atoms with Crippen LogP contribution in [0.1, 0.15) is 61.7 Å². The molecule has 0 aliphatic carbocycles. The second-order valence-electron chi connectivity index (χ2n) is 13.4. The van der Waals surface area contributed by atoms with Crippen LogP contribution in [0.15, 0.2) is 122 Å². The first-order chi connectivity index (χ1) is 25.0. The van der Waals surface area contributed by atoms with Gasteiger partial charge in [0.05, 0.1) is 17.7 Å². The molecule has 5 aromatic rings. The molecule has 0 bridgehead atoms. The van der Waals surface area contributed by atoms with E-state index in [1.54, 1.807) is 24.0 Å². The Labute approximate surface area is 301 Å². The number of rotatable bonds is 8. The minimum absolute atomic E-state index is 0.00438. The van der Waals surface area contributed by atoms with Crippen LogP contribution in [0.2, 0.25) is 0 Å². The van der Waals surface area contributed by atoms with Crippen molar-refractivity contribution in [1.29, 1.82) is 0 Å². The fourth-order valence-electron chi connectivity index (χ4n) is 7.82. The third-order valence-corrected chi connectivity index (χ3v) is 11.5. The molecule has 51 heavy (non-hydrogen) atoms. The van der Waals surface area contributed by atoms with Crippen LogP contribution in [-0.2, 0) is 28.2 Å². The average Bonchev–Trinajstić information content (AvgIpc) is 3.90. The van der Waals surface area contributed by atoms with Crippen molar-refractivity contribution in [1.82, 2.24) is 24.7 Å². The van der Waals surface area contributed by atoms with E-state index in [0.29, 0.717) is 24.3 Å². The van der Waals surface area contributed by atoms with Gasteiger partial charge in [0.15, 0.2) is 0 Å². The first-order valence-electron chi connectivity index (χ1n) is 17.4. The second-order valence-corrected chi connectivity index (χ2v) is 14.5. The zero-order valence-electron chi connectivity index (χ0n) is 28.0. The Balaban J connectivity index is 1.07. The number of likely N-dealkylation sites (tertiary alicyclic amines) is 1. The van der Waals surface area contributed by atoms with Crippen molar-refractivity contribution >= 4 is 29.5 Å². The minimum Gasteiger partial charge on any atom is -0.391 e. The molecule has 1 fully saturated rings. The largest absolute Gasteiger partial charge is 0.391 e. The number of thioether (sulfide) groups is 1. The Hall–Kier alpha value is -5.19. The minimum atomic E-state index is -0.927. The number of aromatic nitrogens is 2. The summed E-state index contributed by atoms with van der Waals surface area (Å²) in [4.78, 5) is 50.8. The Bertz CT molecular complexity index is 2040. The number of aliphatic hydroxyl groups is 1. The molecule has 0 radical (unpaired) electrons. The fourth-order valence-corrected chi connectivity index (χ4v) is 9.13. The quantitative estimate of drug-likeness (QED) is 0.232. The molecule has 5 unspecified atom stereocenters. The summed E-state index contributed by atoms with van der Waals surface area (Å²) in [6.07, 6.45) is 5.71. The van der Waals surface area contributed by atoms with Gasteiger partial charge in [0.2, 0.25) is 11.8 Å². The smallest absolute Gasteiger partial charge is 0.256 e. The molecule has 8 rings (SSSR count). The van der Waals surface area contributed by atoms with Crippen molar-refractivity contribution in [2.45, 2.75) is 54.6 Å². The number of amides is 3. The van der Waals surface area contributed by atoms with E-state index >= 15 is 0 Å². The van der Waals surface area contributed by atoms with Crippen LogP contribution in [0.3, 0.4) is 0 Å². The number of carbonyl (C=O) groups excluding carboxylic acids is 3. The summed E-state index contributed by atoms with van der Waals surface area (Å²) in [5.41, 5.74) is 6.65. The van der Waals surface area contributed by atoms with Gasteiger partial charge >= 0.3 is 0 Å². The highest BCUT2D eigenvalue weighted by Gasteiger charge is 2.43. The first-order valence-corrected chi connectivity index (χ1v) is 18.5. The maximum Gasteiger partial charge on any atom is 0.256 e. The lowest BCUT2D eigenvalue weighted by Crippen LogP contribution is -2.56. The summed E-state index contributed by atoms with van der Waals surface area (Å²) in [5.74, 6) is -0.288. The van der Waals surface area contributed by atoms with E-state index in [4.69, 9.17) is 0 Å². The number of hydrogen-bond donors (Lipinski definition) is 2. The van der Waals surface area contributed by atoms with Crippen LogP contribution in [0.5, 0.6) is 0 Å². The van der Waals surface area contributed by atoms with Crippen LogP contribution < -0.4 is 5.32 Å². The molecular formula is C41H39N5O4S. The molecule has 0 spiro atoms. The van der Waals surface area contributed by atoms with E-state index in [2.05, 4.69) is 27.0 Å². The summed E-state index contributed by atoms with van der Waals surface area (Å²) >= 11 is 1.71. The number of aliphatic hydroxyl groups excluding tert-OH is 1. The molecule has 0 saturated carbocycles. The first kappa shape index (κ1) is 33.0. The molecule has 3 aromatic carbocycles. The highest BCUT2D eigenvalue weighted by molar-refractivity contribution is 7.99. The molecule has 2 aromatic heterocycles. The highest BCUT2D eigenvalue weighted by atomic mass is 32.2. The monoisotopic (exact) mass is 697 g/mol. The number of β-amino-alcohol motifs (C(OH)–C–C–N with tert-alkyl or cyclic N) is 1. The number of nitrogens with one attached hydrogen (secondary N) is 1. The number of pyridine rings is 1. The van der Waals surface area contributed by atoms with E-state index < -0.39 is 24.1 Å². The molecule has 3 amide bonds. The molecule has 3 aliphatic heterocycles. The predicted molar refractivity (Wildman–Crippen MR) is 196 cm³/mol. The topological polar surface area (TPSA) is 108 Å². The Morgan fingerprint density at radius 1 is 0.882 bits per heavy atom. The van der Waals surface area contributed by atoms with Gasteiger partial charge in [-0.1, -0.05) is 91.0 Å². The van der Waals surface area contributed by atoms with Crippen LogP contribution in [0, 0.1) is 0 Å². The third-order valence-electron chi connectivity index (χ3n) is 10.3. The number of carbonyl (C=O) groups is 3. The molecule has 10 heteroatoms. The third kappa shape index (κ3) is 6.45. The molecule has 3 aliphatic rings. The van der Waals surface area contributed by atoms with E-state index in [9.17, 15) is 19.5 Å². The van der Waals surface area contributed by atoms with Gasteiger partial charge in [0.1, 0.15) is 17.5 Å². The van der Waals surface area contributed by atoms with Gasteiger partial charge in [0.25, 0.3) is 5.91 Å². The molecule has 5 heterocycles. The van der Waals surface area contributed by atoms with Gasteiger partial charge in [-0.2, -0.15) is 0 Å². The standard InChI is InChI=1S/C41H39N5O4S/c47-31-23-35(46(25-31)39(49)33-18-21-44-36(33)26-51-41(44)30-15-9-19-42-24-30)38(48)43-34(22-27-10-3-1-4-11-27)40(50)45-20-17-28-12-7-8-16-32(28)37(45)29-13-5-2-6-14-29/h1-16,18-19,21,24,31,34-35,37,41,47H,17,20,22-23,25-26H2,(H,43,48). The van der Waals surface area contributed by atoms with Gasteiger partial charge in [0, 0.05) is 61.5 Å². The van der Waals surface area contributed by atoms with Crippen molar-refractivity contribution in [2.24, 2.45) is 0 Å². The summed E-state index contributed by atoms with van der Waals surface area (Å²) in [5, 5.41) is 13.9. The van der Waals surface area contributed by atoms with Crippen LogP contribution in [-0.4, -0.2) is 73.5 Å². The maximum absolute atomic E-state index is 14.8. The zero-order valence-corrected chi connectivity index (χ0v) is 28.9.